The summed E-state index contributed by atoms with van der Waals surface area (Å²) in [7, 11) is 0.281. The van der Waals surface area contributed by atoms with Crippen LogP contribution < -0.4 is 15.8 Å². The Morgan fingerprint density at radius 3 is 2.67 bits per heavy atom. The van der Waals surface area contributed by atoms with E-state index in [9.17, 15) is 19.1 Å². The SMILES string of the molecule is Cc1cc(CNC(=O)c2nc(N3CCC4(CCC4[Si](C)(C)C)C3)n(C)c(=O)c2O)ccc1F. The van der Waals surface area contributed by atoms with Crippen LogP contribution in [0.15, 0.2) is 23.0 Å². The molecule has 2 aliphatic rings. The number of nitrogens with one attached hydrogen (secondary N) is 1. The van der Waals surface area contributed by atoms with Crippen molar-refractivity contribution in [2.75, 3.05) is 18.0 Å². The molecule has 4 rings (SSSR count). The predicted octanol–water partition coefficient (Wildman–Crippen LogP) is 3.56. The molecule has 2 N–H and O–H groups in total. The number of amides is 1. The zero-order valence-corrected chi connectivity index (χ0v) is 21.0. The molecule has 7 nitrogen and oxygen atoms in total. The summed E-state index contributed by atoms with van der Waals surface area (Å²) in [5, 5.41) is 13.1. The number of hydrogen-bond donors (Lipinski definition) is 2. The van der Waals surface area contributed by atoms with Gasteiger partial charge in [0.05, 0.1) is 0 Å². The lowest BCUT2D eigenvalue weighted by Gasteiger charge is -2.53. The van der Waals surface area contributed by atoms with Crippen molar-refractivity contribution in [2.24, 2.45) is 12.5 Å². The highest BCUT2D eigenvalue weighted by molar-refractivity contribution is 6.77. The Kier molecular flexibility index (Phi) is 5.88. The number of carbonyl (C=O) groups excluding carboxylic acids is 1. The summed E-state index contributed by atoms with van der Waals surface area (Å²) < 4.78 is 14.8. The van der Waals surface area contributed by atoms with Gasteiger partial charge < -0.3 is 15.3 Å². The molecule has 1 aliphatic carbocycles. The van der Waals surface area contributed by atoms with E-state index >= 15 is 0 Å². The molecule has 0 radical (unpaired) electrons. The summed E-state index contributed by atoms with van der Waals surface area (Å²) in [6.45, 7) is 10.6. The second kappa shape index (κ2) is 8.27. The van der Waals surface area contributed by atoms with E-state index in [1.54, 1.807) is 26.1 Å². The van der Waals surface area contributed by atoms with Crippen LogP contribution in [0, 0.1) is 18.2 Å². The Bertz CT molecular complexity index is 1160. The number of aryl methyl sites for hydroxylation is 1. The Morgan fingerprint density at radius 1 is 1.33 bits per heavy atom. The number of aromatic nitrogens is 2. The minimum atomic E-state index is -1.30. The molecule has 178 valence electrons. The average molecular weight is 473 g/mol. The summed E-state index contributed by atoms with van der Waals surface area (Å²) in [4.78, 5) is 32.1. The van der Waals surface area contributed by atoms with E-state index in [1.807, 2.05) is 0 Å². The molecule has 9 heteroatoms. The molecule has 1 saturated heterocycles. The number of aromatic hydroxyl groups is 1. The lowest BCUT2D eigenvalue weighted by Crippen LogP contribution is -2.49. The first-order chi connectivity index (χ1) is 15.4. The number of carbonyl (C=O) groups is 1. The van der Waals surface area contributed by atoms with Crippen molar-refractivity contribution in [3.05, 3.63) is 51.2 Å². The van der Waals surface area contributed by atoms with Gasteiger partial charge in [0.1, 0.15) is 5.82 Å². The maximum Gasteiger partial charge on any atom is 0.297 e. The van der Waals surface area contributed by atoms with Crippen molar-refractivity contribution >= 4 is 19.9 Å². The van der Waals surface area contributed by atoms with E-state index in [2.05, 4.69) is 34.8 Å². The van der Waals surface area contributed by atoms with Crippen molar-refractivity contribution in [1.82, 2.24) is 14.9 Å². The Hall–Kier alpha value is -2.68. The van der Waals surface area contributed by atoms with Gasteiger partial charge in [-0.05, 0) is 47.9 Å². The molecular weight excluding hydrogens is 439 g/mol. The maximum atomic E-state index is 13.5. The largest absolute Gasteiger partial charge is 0.501 e. The van der Waals surface area contributed by atoms with Crippen LogP contribution >= 0.6 is 0 Å². The zero-order valence-electron chi connectivity index (χ0n) is 20.0. The molecule has 1 aliphatic heterocycles. The van der Waals surface area contributed by atoms with Gasteiger partial charge in [-0.15, -0.1) is 0 Å². The van der Waals surface area contributed by atoms with Crippen LogP contribution in [0.25, 0.3) is 0 Å². The van der Waals surface area contributed by atoms with Crippen LogP contribution in [0.3, 0.4) is 0 Å². The molecule has 1 aromatic carbocycles. The first kappa shape index (κ1) is 23.5. The van der Waals surface area contributed by atoms with E-state index in [-0.39, 0.29) is 23.5 Å². The van der Waals surface area contributed by atoms with E-state index in [4.69, 9.17) is 0 Å². The van der Waals surface area contributed by atoms with Gasteiger partial charge in [-0.2, -0.15) is 0 Å². The zero-order chi connectivity index (χ0) is 24.1. The Morgan fingerprint density at radius 2 is 2.06 bits per heavy atom. The normalized spacial score (nSPS) is 22.5. The molecule has 2 atom stereocenters. The molecule has 2 heterocycles. The van der Waals surface area contributed by atoms with Gasteiger partial charge in [0.15, 0.2) is 5.69 Å². The van der Waals surface area contributed by atoms with Crippen LogP contribution in [0.1, 0.15) is 40.9 Å². The van der Waals surface area contributed by atoms with Gasteiger partial charge in [-0.25, -0.2) is 9.37 Å². The van der Waals surface area contributed by atoms with Crippen LogP contribution in [-0.2, 0) is 13.6 Å². The fraction of sp³-hybridized carbons (Fsp3) is 0.542. The van der Waals surface area contributed by atoms with Gasteiger partial charge in [-0.1, -0.05) is 38.2 Å². The quantitative estimate of drug-likeness (QED) is 0.650. The summed E-state index contributed by atoms with van der Waals surface area (Å²) >= 11 is 0. The van der Waals surface area contributed by atoms with E-state index in [0.717, 1.165) is 30.6 Å². The van der Waals surface area contributed by atoms with Gasteiger partial charge >= 0.3 is 0 Å². The number of nitrogens with zero attached hydrogens (tertiary/aromatic N) is 3. The first-order valence-corrected chi connectivity index (χ1v) is 15.1. The van der Waals surface area contributed by atoms with Crippen molar-refractivity contribution in [3.8, 4) is 5.75 Å². The molecule has 1 aromatic heterocycles. The number of benzene rings is 1. The molecule has 33 heavy (non-hydrogen) atoms. The van der Waals surface area contributed by atoms with Gasteiger partial charge in [0.25, 0.3) is 11.5 Å². The summed E-state index contributed by atoms with van der Waals surface area (Å²) in [5.41, 5.74) is 1.29. The number of halogens is 1. The highest BCUT2D eigenvalue weighted by Gasteiger charge is 2.55. The summed E-state index contributed by atoms with van der Waals surface area (Å²) in [6, 6.07) is 4.58. The summed E-state index contributed by atoms with van der Waals surface area (Å²) in [6.07, 6.45) is 3.51. The lowest BCUT2D eigenvalue weighted by atomic mass is 9.67. The number of rotatable bonds is 5. The average Bonchev–Trinajstić information content (AvgIpc) is 3.18. The molecule has 1 amide bonds. The van der Waals surface area contributed by atoms with Gasteiger partial charge in [-0.3, -0.25) is 14.2 Å². The Balaban J connectivity index is 1.56. The molecule has 2 fully saturated rings. The fourth-order valence-corrected chi connectivity index (χ4v) is 8.93. The second-order valence-electron chi connectivity index (χ2n) is 10.7. The van der Waals surface area contributed by atoms with Crippen LogP contribution in [-0.4, -0.2) is 41.7 Å². The minimum absolute atomic E-state index is 0.135. The third-order valence-corrected chi connectivity index (χ3v) is 10.5. The topological polar surface area (TPSA) is 87.5 Å². The van der Waals surface area contributed by atoms with Crippen LogP contribution in [0.2, 0.25) is 25.2 Å². The second-order valence-corrected chi connectivity index (χ2v) is 16.2. The fourth-order valence-electron chi connectivity index (χ4n) is 5.71. The molecule has 2 aromatic rings. The maximum absolute atomic E-state index is 13.5. The highest BCUT2D eigenvalue weighted by Crippen LogP contribution is 2.60. The molecule has 0 bridgehead atoms. The van der Waals surface area contributed by atoms with Gasteiger partial charge in [0.2, 0.25) is 11.7 Å². The summed E-state index contributed by atoms with van der Waals surface area (Å²) in [5.74, 6) is -1.19. The first-order valence-electron chi connectivity index (χ1n) is 11.5. The molecule has 1 spiro atoms. The number of hydrogen-bond acceptors (Lipinski definition) is 5. The molecule has 1 saturated carbocycles. The van der Waals surface area contributed by atoms with Gasteiger partial charge in [0, 0.05) is 34.8 Å². The highest BCUT2D eigenvalue weighted by atomic mass is 28.3. The van der Waals surface area contributed by atoms with Crippen LogP contribution in [0.5, 0.6) is 5.75 Å². The third-order valence-electron chi connectivity index (χ3n) is 7.52. The lowest BCUT2D eigenvalue weighted by molar-refractivity contribution is 0.0942. The number of anilines is 1. The molecular formula is C24H33FN4O3Si. The minimum Gasteiger partial charge on any atom is -0.501 e. The van der Waals surface area contributed by atoms with Crippen LogP contribution in [0.4, 0.5) is 10.3 Å². The van der Waals surface area contributed by atoms with Crippen molar-refractivity contribution in [2.45, 2.75) is 57.9 Å². The van der Waals surface area contributed by atoms with E-state index in [1.165, 1.54) is 23.5 Å². The van der Waals surface area contributed by atoms with Crippen molar-refractivity contribution in [1.29, 1.82) is 0 Å². The van der Waals surface area contributed by atoms with Crippen molar-refractivity contribution in [3.63, 3.8) is 0 Å². The third kappa shape index (κ3) is 4.18. The predicted molar refractivity (Wildman–Crippen MR) is 129 cm³/mol. The standard InChI is InChI=1S/C24H33FN4O3Si/c1-15-12-16(6-7-17(15)25)13-26-21(31)19-20(30)22(32)28(2)23(27-19)29-11-10-24(14-29)9-8-18(24)33(3,4)5/h6-7,12,18,30H,8-11,13-14H2,1-5H3,(H,26,31). The van der Waals surface area contributed by atoms with E-state index in [0.29, 0.717) is 11.5 Å². The Labute approximate surface area is 194 Å². The molecule has 2 unspecified atom stereocenters. The smallest absolute Gasteiger partial charge is 0.297 e. The monoisotopic (exact) mass is 472 g/mol. The van der Waals surface area contributed by atoms with E-state index < -0.39 is 25.3 Å². The van der Waals surface area contributed by atoms with Crippen molar-refractivity contribution < 1.29 is 14.3 Å².